The number of hydrogen-bond donors (Lipinski definition) is 2. The number of aromatic nitrogens is 2. The largest absolute Gasteiger partial charge is 0.399 e. The van der Waals surface area contributed by atoms with Crippen LogP contribution in [0.2, 0.25) is 0 Å². The van der Waals surface area contributed by atoms with Crippen LogP contribution in [-0.2, 0) is 12.8 Å². The van der Waals surface area contributed by atoms with E-state index in [9.17, 15) is 0 Å². The number of benzene rings is 1. The fourth-order valence-corrected chi connectivity index (χ4v) is 1.92. The van der Waals surface area contributed by atoms with E-state index in [2.05, 4.69) is 34.3 Å². The van der Waals surface area contributed by atoms with Gasteiger partial charge in [0.05, 0.1) is 0 Å². The topological polar surface area (TPSA) is 63.8 Å². The number of aryl methyl sites for hydroxylation is 2. The molecule has 0 aliphatic heterocycles. The Hall–Kier alpha value is -2.10. The maximum atomic E-state index is 5.66. The normalized spacial score (nSPS) is 10.4. The van der Waals surface area contributed by atoms with Crippen molar-refractivity contribution in [2.75, 3.05) is 17.6 Å². The predicted octanol–water partition coefficient (Wildman–Crippen LogP) is 2.58. The molecule has 0 radical (unpaired) electrons. The van der Waals surface area contributed by atoms with Crippen molar-refractivity contribution < 1.29 is 0 Å². The van der Waals surface area contributed by atoms with Crippen molar-refractivity contribution in [2.24, 2.45) is 0 Å². The number of nitrogens with two attached hydrogens (primary N) is 1. The summed E-state index contributed by atoms with van der Waals surface area (Å²) in [6.07, 6.45) is 1.88. The van der Waals surface area contributed by atoms with Gasteiger partial charge in [0.2, 0.25) is 0 Å². The van der Waals surface area contributed by atoms with Crippen LogP contribution in [0, 0.1) is 6.92 Å². The van der Waals surface area contributed by atoms with Crippen LogP contribution in [0.25, 0.3) is 0 Å². The number of anilines is 2. The minimum Gasteiger partial charge on any atom is -0.399 e. The molecule has 0 atom stereocenters. The molecule has 1 heterocycles. The van der Waals surface area contributed by atoms with Crippen molar-refractivity contribution in [2.45, 2.75) is 26.7 Å². The van der Waals surface area contributed by atoms with Gasteiger partial charge in [-0.3, -0.25) is 0 Å². The molecule has 0 aliphatic carbocycles. The van der Waals surface area contributed by atoms with Gasteiger partial charge >= 0.3 is 0 Å². The minimum absolute atomic E-state index is 0.802. The molecule has 3 N–H and O–H groups in total. The summed E-state index contributed by atoms with van der Waals surface area (Å²) in [5.41, 5.74) is 8.80. The molecule has 0 fully saturated rings. The second-order valence-electron chi connectivity index (χ2n) is 4.56. The van der Waals surface area contributed by atoms with E-state index in [1.807, 2.05) is 25.1 Å². The van der Waals surface area contributed by atoms with E-state index in [-0.39, 0.29) is 0 Å². The van der Waals surface area contributed by atoms with E-state index in [0.717, 1.165) is 42.4 Å². The van der Waals surface area contributed by atoms with Crippen molar-refractivity contribution in [1.29, 1.82) is 0 Å². The third-order valence-corrected chi connectivity index (χ3v) is 2.95. The van der Waals surface area contributed by atoms with Crippen molar-refractivity contribution >= 4 is 11.5 Å². The molecule has 2 aromatic rings. The Balaban J connectivity index is 1.92. The van der Waals surface area contributed by atoms with Crippen molar-refractivity contribution in [3.63, 3.8) is 0 Å². The first-order valence-corrected chi connectivity index (χ1v) is 6.60. The molecule has 1 aromatic heterocycles. The Labute approximate surface area is 114 Å². The summed E-state index contributed by atoms with van der Waals surface area (Å²) >= 11 is 0. The van der Waals surface area contributed by atoms with E-state index in [4.69, 9.17) is 5.73 Å². The molecule has 100 valence electrons. The van der Waals surface area contributed by atoms with Gasteiger partial charge in [0.25, 0.3) is 0 Å². The van der Waals surface area contributed by atoms with E-state index in [1.165, 1.54) is 5.56 Å². The van der Waals surface area contributed by atoms with Crippen LogP contribution in [0.1, 0.15) is 24.0 Å². The van der Waals surface area contributed by atoms with Gasteiger partial charge in [-0.25, -0.2) is 9.97 Å². The van der Waals surface area contributed by atoms with Crippen LogP contribution < -0.4 is 11.1 Å². The zero-order valence-corrected chi connectivity index (χ0v) is 11.5. The van der Waals surface area contributed by atoms with Crippen LogP contribution >= 0.6 is 0 Å². The molecule has 0 amide bonds. The summed E-state index contributed by atoms with van der Waals surface area (Å²) in [7, 11) is 0. The molecular weight excluding hydrogens is 236 g/mol. The fraction of sp³-hybridized carbons (Fsp3) is 0.333. The van der Waals surface area contributed by atoms with Gasteiger partial charge in [0.1, 0.15) is 11.6 Å². The number of nitrogens with one attached hydrogen (secondary N) is 1. The molecular formula is C15H20N4. The van der Waals surface area contributed by atoms with Gasteiger partial charge in [-0.2, -0.15) is 0 Å². The lowest BCUT2D eigenvalue weighted by Gasteiger charge is -2.08. The van der Waals surface area contributed by atoms with Gasteiger partial charge in [-0.1, -0.05) is 19.1 Å². The zero-order valence-electron chi connectivity index (χ0n) is 11.5. The van der Waals surface area contributed by atoms with Crippen molar-refractivity contribution in [3.05, 3.63) is 47.4 Å². The maximum absolute atomic E-state index is 5.66. The van der Waals surface area contributed by atoms with E-state index in [1.54, 1.807) is 0 Å². The quantitative estimate of drug-likeness (QED) is 0.807. The SMILES string of the molecule is CCc1cc(NCCc2ccc(N)cc2)nc(C)n1. The van der Waals surface area contributed by atoms with Gasteiger partial charge in [-0.15, -0.1) is 0 Å². The molecule has 19 heavy (non-hydrogen) atoms. The van der Waals surface area contributed by atoms with Crippen molar-refractivity contribution in [1.82, 2.24) is 9.97 Å². The van der Waals surface area contributed by atoms with Gasteiger partial charge in [0, 0.05) is 24.0 Å². The molecule has 0 saturated carbocycles. The lowest BCUT2D eigenvalue weighted by molar-refractivity contribution is 0.932. The first-order chi connectivity index (χ1) is 9.17. The summed E-state index contributed by atoms with van der Waals surface area (Å²) in [6.45, 7) is 4.87. The highest BCUT2D eigenvalue weighted by molar-refractivity contribution is 5.40. The second kappa shape index (κ2) is 6.18. The van der Waals surface area contributed by atoms with Crippen molar-refractivity contribution in [3.8, 4) is 0 Å². The Morgan fingerprint density at radius 1 is 1.16 bits per heavy atom. The molecule has 4 heteroatoms. The monoisotopic (exact) mass is 256 g/mol. The summed E-state index contributed by atoms with van der Waals surface area (Å²) in [5, 5.41) is 3.34. The summed E-state index contributed by atoms with van der Waals surface area (Å²) < 4.78 is 0. The highest BCUT2D eigenvalue weighted by atomic mass is 15.0. The highest BCUT2D eigenvalue weighted by Crippen LogP contribution is 2.09. The van der Waals surface area contributed by atoms with Crippen LogP contribution in [0.5, 0.6) is 0 Å². The van der Waals surface area contributed by atoms with Gasteiger partial charge < -0.3 is 11.1 Å². The third-order valence-electron chi connectivity index (χ3n) is 2.95. The standard InChI is InChI=1S/C15H20N4/c1-3-14-10-15(19-11(2)18-14)17-9-8-12-4-6-13(16)7-5-12/h4-7,10H,3,8-9,16H2,1-2H3,(H,17,18,19). The van der Waals surface area contributed by atoms with Crippen LogP contribution in [0.3, 0.4) is 0 Å². The minimum atomic E-state index is 0.802. The lowest BCUT2D eigenvalue weighted by Crippen LogP contribution is -2.08. The first-order valence-electron chi connectivity index (χ1n) is 6.60. The number of rotatable bonds is 5. The number of nitrogens with zero attached hydrogens (tertiary/aromatic N) is 2. The average Bonchev–Trinajstić information content (AvgIpc) is 2.40. The zero-order chi connectivity index (χ0) is 13.7. The Morgan fingerprint density at radius 3 is 2.58 bits per heavy atom. The molecule has 0 unspecified atom stereocenters. The Bertz CT molecular complexity index is 534. The molecule has 0 bridgehead atoms. The molecule has 0 saturated heterocycles. The molecule has 0 aliphatic rings. The van der Waals surface area contributed by atoms with Crippen LogP contribution in [0.15, 0.2) is 30.3 Å². The lowest BCUT2D eigenvalue weighted by atomic mass is 10.1. The second-order valence-corrected chi connectivity index (χ2v) is 4.56. The van der Waals surface area contributed by atoms with E-state index >= 15 is 0 Å². The number of nitrogen functional groups attached to an aromatic ring is 1. The summed E-state index contributed by atoms with van der Waals surface area (Å²) in [5.74, 6) is 1.72. The van der Waals surface area contributed by atoms with Crippen LogP contribution in [0.4, 0.5) is 11.5 Å². The Kier molecular flexibility index (Phi) is 4.34. The first kappa shape index (κ1) is 13.3. The number of hydrogen-bond acceptors (Lipinski definition) is 4. The fourth-order valence-electron chi connectivity index (χ4n) is 1.92. The third kappa shape index (κ3) is 3.95. The predicted molar refractivity (Wildman–Crippen MR) is 79.2 cm³/mol. The maximum Gasteiger partial charge on any atom is 0.129 e. The molecule has 4 nitrogen and oxygen atoms in total. The average molecular weight is 256 g/mol. The molecule has 2 rings (SSSR count). The van der Waals surface area contributed by atoms with Gasteiger partial charge in [0.15, 0.2) is 0 Å². The van der Waals surface area contributed by atoms with E-state index in [0.29, 0.717) is 0 Å². The van der Waals surface area contributed by atoms with E-state index < -0.39 is 0 Å². The highest BCUT2D eigenvalue weighted by Gasteiger charge is 2.00. The Morgan fingerprint density at radius 2 is 1.89 bits per heavy atom. The van der Waals surface area contributed by atoms with Gasteiger partial charge in [-0.05, 0) is 37.5 Å². The summed E-state index contributed by atoms with van der Waals surface area (Å²) in [4.78, 5) is 8.75. The summed E-state index contributed by atoms with van der Waals surface area (Å²) in [6, 6.07) is 9.98. The molecule has 1 aromatic carbocycles. The smallest absolute Gasteiger partial charge is 0.129 e. The van der Waals surface area contributed by atoms with Crippen LogP contribution in [-0.4, -0.2) is 16.5 Å². The molecule has 0 spiro atoms.